The zero-order valence-corrected chi connectivity index (χ0v) is 25.0. The zero-order chi connectivity index (χ0) is 31.6. The first-order chi connectivity index (χ1) is 19.6. The van der Waals surface area contributed by atoms with Gasteiger partial charge in [-0.15, -0.1) is 0 Å². The number of nitrogens with two attached hydrogens (primary N) is 1. The van der Waals surface area contributed by atoms with Gasteiger partial charge in [-0.2, -0.15) is 0 Å². The molecular formula is C28H40FN5O7S. The number of anilines is 1. The summed E-state index contributed by atoms with van der Waals surface area (Å²) in [5, 5.41) is 32.7. The van der Waals surface area contributed by atoms with Gasteiger partial charge < -0.3 is 26.4 Å². The molecule has 232 valence electrons. The van der Waals surface area contributed by atoms with Gasteiger partial charge in [-0.1, -0.05) is 26.0 Å². The number of carbonyl (C=O) groups is 2. The van der Waals surface area contributed by atoms with Gasteiger partial charge in [0.25, 0.3) is 0 Å². The van der Waals surface area contributed by atoms with Crippen LogP contribution < -0.4 is 15.4 Å². The zero-order valence-electron chi connectivity index (χ0n) is 24.2. The van der Waals surface area contributed by atoms with Crippen molar-refractivity contribution in [3.05, 3.63) is 47.4 Å². The van der Waals surface area contributed by atoms with Gasteiger partial charge in [-0.25, -0.2) is 31.9 Å². The molecule has 42 heavy (non-hydrogen) atoms. The van der Waals surface area contributed by atoms with Crippen molar-refractivity contribution in [3.63, 3.8) is 0 Å². The summed E-state index contributed by atoms with van der Waals surface area (Å²) >= 11 is 0. The standard InChI is InChI=1S/C28H40FN5O7S/c1-17(2)25-22(26(18-8-10-19(29)11-9-18)33-28(32-25)34(3)42(4,40)41)13-12-20(35)15-21(36)16-24(37)31-23(27(38)39)7-5-6-14-30/h8-13,17,20-21,23,35-36H,5-7,14-16,30H2,1-4H3,(H,31,37)(H,38,39)/t20-,21+,23+/m0/s1. The van der Waals surface area contributed by atoms with E-state index < -0.39 is 52.4 Å². The summed E-state index contributed by atoms with van der Waals surface area (Å²) in [7, 11) is -2.37. The van der Waals surface area contributed by atoms with Crippen LogP contribution in [0.4, 0.5) is 10.3 Å². The summed E-state index contributed by atoms with van der Waals surface area (Å²) in [6.07, 6.45) is 2.14. The smallest absolute Gasteiger partial charge is 0.326 e. The Balaban J connectivity index is 2.30. The highest BCUT2D eigenvalue weighted by Gasteiger charge is 2.24. The summed E-state index contributed by atoms with van der Waals surface area (Å²) in [6, 6.07) is 4.35. The van der Waals surface area contributed by atoms with Gasteiger partial charge in [0.15, 0.2) is 0 Å². The Hall–Kier alpha value is -3.46. The number of carboxylic acids is 1. The van der Waals surface area contributed by atoms with Crippen LogP contribution in [-0.2, 0) is 19.6 Å². The number of aliphatic carboxylic acids is 1. The molecule has 1 amide bonds. The number of benzene rings is 1. The predicted octanol–water partition coefficient (Wildman–Crippen LogP) is 2.02. The average molecular weight is 610 g/mol. The molecule has 14 heteroatoms. The van der Waals surface area contributed by atoms with E-state index in [1.165, 1.54) is 43.5 Å². The molecule has 6 N–H and O–H groups in total. The largest absolute Gasteiger partial charge is 0.480 e. The lowest BCUT2D eigenvalue weighted by molar-refractivity contribution is -0.142. The van der Waals surface area contributed by atoms with Crippen molar-refractivity contribution >= 4 is 33.9 Å². The Bertz CT molecular complexity index is 1350. The Morgan fingerprint density at radius 2 is 1.79 bits per heavy atom. The fraction of sp³-hybridized carbons (Fsp3) is 0.500. The Kier molecular flexibility index (Phi) is 13.0. The molecule has 3 atom stereocenters. The van der Waals surface area contributed by atoms with E-state index in [1.54, 1.807) is 0 Å². The highest BCUT2D eigenvalue weighted by Crippen LogP contribution is 2.31. The number of halogens is 1. The first-order valence-corrected chi connectivity index (χ1v) is 15.4. The number of hydrogen-bond donors (Lipinski definition) is 5. The van der Waals surface area contributed by atoms with E-state index in [9.17, 15) is 37.7 Å². The summed E-state index contributed by atoms with van der Waals surface area (Å²) in [5.41, 5.74) is 7.13. The van der Waals surface area contributed by atoms with Gasteiger partial charge in [-0.05, 0) is 56.0 Å². The third kappa shape index (κ3) is 10.4. The van der Waals surface area contributed by atoms with Crippen molar-refractivity contribution in [3.8, 4) is 11.3 Å². The minimum Gasteiger partial charge on any atom is -0.480 e. The molecule has 0 aliphatic heterocycles. The number of hydrogen-bond acceptors (Lipinski definition) is 9. The molecule has 0 unspecified atom stereocenters. The number of aromatic nitrogens is 2. The number of nitrogens with one attached hydrogen (secondary N) is 1. The predicted molar refractivity (Wildman–Crippen MR) is 158 cm³/mol. The number of amides is 1. The molecule has 2 aromatic rings. The first kappa shape index (κ1) is 34.7. The van der Waals surface area contributed by atoms with Crippen LogP contribution in [0, 0.1) is 5.82 Å². The molecular weight excluding hydrogens is 569 g/mol. The molecule has 0 aliphatic rings. The number of carbonyl (C=O) groups excluding carboxylic acids is 1. The van der Waals surface area contributed by atoms with E-state index in [-0.39, 0.29) is 24.7 Å². The fourth-order valence-electron chi connectivity index (χ4n) is 4.06. The van der Waals surface area contributed by atoms with Crippen molar-refractivity contribution < 1.29 is 37.7 Å². The Labute approximate surface area is 245 Å². The number of rotatable bonds is 16. The number of nitrogens with zero attached hydrogens (tertiary/aromatic N) is 3. The molecule has 0 radical (unpaired) electrons. The molecule has 0 saturated heterocycles. The molecule has 1 aromatic heterocycles. The Morgan fingerprint density at radius 1 is 1.14 bits per heavy atom. The van der Waals surface area contributed by atoms with Crippen LogP contribution in [-0.4, -0.2) is 83.7 Å². The summed E-state index contributed by atoms with van der Waals surface area (Å²) < 4.78 is 39.0. The van der Waals surface area contributed by atoms with Gasteiger partial charge in [-0.3, -0.25) is 4.79 Å². The van der Waals surface area contributed by atoms with Crippen LogP contribution in [0.5, 0.6) is 0 Å². The topological polar surface area (TPSA) is 196 Å². The fourth-order valence-corrected chi connectivity index (χ4v) is 4.44. The van der Waals surface area contributed by atoms with Crippen molar-refractivity contribution in [2.75, 3.05) is 24.2 Å². The number of carboxylic acid groups (broad SMARTS) is 1. The third-order valence-corrected chi connectivity index (χ3v) is 7.57. The lowest BCUT2D eigenvalue weighted by atomic mass is 9.97. The van der Waals surface area contributed by atoms with Crippen molar-refractivity contribution in [1.29, 1.82) is 0 Å². The van der Waals surface area contributed by atoms with Crippen LogP contribution in [0.3, 0.4) is 0 Å². The molecule has 12 nitrogen and oxygen atoms in total. The van der Waals surface area contributed by atoms with Gasteiger partial charge in [0.2, 0.25) is 21.9 Å². The van der Waals surface area contributed by atoms with Crippen LogP contribution in [0.15, 0.2) is 30.3 Å². The van der Waals surface area contributed by atoms with Crippen LogP contribution in [0.1, 0.15) is 63.1 Å². The number of unbranched alkanes of at least 4 members (excludes halogenated alkanes) is 1. The van der Waals surface area contributed by atoms with E-state index in [1.807, 2.05) is 13.8 Å². The van der Waals surface area contributed by atoms with E-state index in [4.69, 9.17) is 5.73 Å². The number of aliphatic hydroxyl groups excluding tert-OH is 2. The minimum atomic E-state index is -3.69. The second-order valence-electron chi connectivity index (χ2n) is 10.3. The highest BCUT2D eigenvalue weighted by atomic mass is 32.2. The summed E-state index contributed by atoms with van der Waals surface area (Å²) in [6.45, 7) is 4.09. The molecule has 1 heterocycles. The quantitative estimate of drug-likeness (QED) is 0.176. The Morgan fingerprint density at radius 3 is 2.33 bits per heavy atom. The van der Waals surface area contributed by atoms with Gasteiger partial charge in [0, 0.05) is 24.6 Å². The maximum absolute atomic E-state index is 13.7. The molecule has 1 aromatic carbocycles. The maximum Gasteiger partial charge on any atom is 0.326 e. The number of sulfonamides is 1. The monoisotopic (exact) mass is 609 g/mol. The molecule has 0 fully saturated rings. The summed E-state index contributed by atoms with van der Waals surface area (Å²) in [5.74, 6) is -2.62. The van der Waals surface area contributed by atoms with Gasteiger partial charge in [0.05, 0.1) is 36.3 Å². The van der Waals surface area contributed by atoms with E-state index >= 15 is 0 Å². The van der Waals surface area contributed by atoms with E-state index in [0.717, 1.165) is 10.6 Å². The molecule has 0 aliphatic carbocycles. The SMILES string of the molecule is CC(C)c1nc(N(C)S(C)(=O)=O)nc(-c2ccc(F)cc2)c1C=C[C@H](O)C[C@@H](O)CC(=O)N[C@H](CCCCN)C(=O)O. The first-order valence-electron chi connectivity index (χ1n) is 13.5. The lowest BCUT2D eigenvalue weighted by Gasteiger charge is -2.20. The molecule has 0 bridgehead atoms. The lowest BCUT2D eigenvalue weighted by Crippen LogP contribution is -2.42. The molecule has 0 spiro atoms. The van der Waals surface area contributed by atoms with E-state index in [0.29, 0.717) is 41.9 Å². The van der Waals surface area contributed by atoms with E-state index in [2.05, 4.69) is 15.3 Å². The summed E-state index contributed by atoms with van der Waals surface area (Å²) in [4.78, 5) is 32.7. The maximum atomic E-state index is 13.7. The highest BCUT2D eigenvalue weighted by molar-refractivity contribution is 7.92. The molecule has 0 saturated carbocycles. The minimum absolute atomic E-state index is 0.0812. The molecule has 2 rings (SSSR count). The number of aliphatic hydroxyl groups is 2. The second-order valence-corrected chi connectivity index (χ2v) is 12.3. The van der Waals surface area contributed by atoms with Crippen LogP contribution in [0.25, 0.3) is 17.3 Å². The van der Waals surface area contributed by atoms with Crippen LogP contribution in [0.2, 0.25) is 0 Å². The van der Waals surface area contributed by atoms with Crippen molar-refractivity contribution in [2.45, 2.75) is 70.1 Å². The van der Waals surface area contributed by atoms with Crippen molar-refractivity contribution in [1.82, 2.24) is 15.3 Å². The van der Waals surface area contributed by atoms with Gasteiger partial charge in [0.1, 0.15) is 11.9 Å². The normalized spacial score (nSPS) is 14.1. The van der Waals surface area contributed by atoms with Crippen molar-refractivity contribution in [2.24, 2.45) is 5.73 Å². The van der Waals surface area contributed by atoms with Crippen LogP contribution >= 0.6 is 0 Å². The average Bonchev–Trinajstić information content (AvgIpc) is 2.90. The third-order valence-electron chi connectivity index (χ3n) is 6.41. The second kappa shape index (κ2) is 15.7. The van der Waals surface area contributed by atoms with Gasteiger partial charge >= 0.3 is 5.97 Å².